The van der Waals surface area contributed by atoms with E-state index in [1.165, 1.54) is 18.2 Å². The molecule has 0 spiro atoms. The molecule has 1 aliphatic carbocycles. The molecular formula is C14H19NO5S. The van der Waals surface area contributed by atoms with E-state index in [0.29, 0.717) is 18.8 Å². The average molecular weight is 313 g/mol. The second-order valence-electron chi connectivity index (χ2n) is 5.36. The lowest BCUT2D eigenvalue weighted by Gasteiger charge is -2.27. The van der Waals surface area contributed by atoms with Crippen LogP contribution in [-0.2, 0) is 14.3 Å². The fourth-order valence-corrected chi connectivity index (χ4v) is 3.80. The molecule has 21 heavy (non-hydrogen) atoms. The summed E-state index contributed by atoms with van der Waals surface area (Å²) >= 11 is 0. The van der Waals surface area contributed by atoms with Gasteiger partial charge in [-0.2, -0.15) is 8.42 Å². The summed E-state index contributed by atoms with van der Waals surface area (Å²) in [5.41, 5.74) is -0.255. The Morgan fingerprint density at radius 1 is 1.29 bits per heavy atom. The lowest BCUT2D eigenvalue weighted by atomic mass is 9.86. The molecule has 0 saturated heterocycles. The second-order valence-corrected chi connectivity index (χ2v) is 6.93. The molecule has 7 heteroatoms. The first-order valence-corrected chi connectivity index (χ1v) is 8.51. The van der Waals surface area contributed by atoms with Crippen molar-refractivity contribution in [2.45, 2.75) is 50.0 Å². The van der Waals surface area contributed by atoms with E-state index in [1.54, 1.807) is 0 Å². The molecule has 0 bridgehead atoms. The van der Waals surface area contributed by atoms with Gasteiger partial charge in [-0.25, -0.2) is 0 Å². The van der Waals surface area contributed by atoms with E-state index in [9.17, 15) is 18.5 Å². The highest BCUT2D eigenvalue weighted by molar-refractivity contribution is 7.86. The summed E-state index contributed by atoms with van der Waals surface area (Å²) in [5, 5.41) is 10.7. The Kier molecular flexibility index (Phi) is 4.95. The van der Waals surface area contributed by atoms with E-state index in [0.717, 1.165) is 25.3 Å². The van der Waals surface area contributed by atoms with Crippen molar-refractivity contribution < 1.29 is 17.5 Å². The fourth-order valence-electron chi connectivity index (χ4n) is 2.62. The first-order valence-electron chi connectivity index (χ1n) is 7.10. The molecule has 0 aliphatic heterocycles. The van der Waals surface area contributed by atoms with Gasteiger partial charge in [0.15, 0.2) is 0 Å². The van der Waals surface area contributed by atoms with Crippen LogP contribution in [0.3, 0.4) is 0 Å². The Morgan fingerprint density at radius 3 is 2.52 bits per heavy atom. The monoisotopic (exact) mass is 313 g/mol. The predicted octanol–water partition coefficient (Wildman–Crippen LogP) is 3.27. The molecule has 6 nitrogen and oxygen atoms in total. The molecule has 0 atom stereocenters. The topological polar surface area (TPSA) is 86.5 Å². The molecule has 1 saturated carbocycles. The quantitative estimate of drug-likeness (QED) is 0.473. The minimum atomic E-state index is -3.94. The van der Waals surface area contributed by atoms with Crippen molar-refractivity contribution in [2.75, 3.05) is 0 Å². The highest BCUT2D eigenvalue weighted by atomic mass is 32.2. The first-order chi connectivity index (χ1) is 9.92. The smallest absolute Gasteiger partial charge is 0.263 e. The van der Waals surface area contributed by atoms with Gasteiger partial charge >= 0.3 is 0 Å². The maximum Gasteiger partial charge on any atom is 0.297 e. The number of benzene rings is 1. The molecule has 116 valence electrons. The van der Waals surface area contributed by atoms with E-state index in [4.69, 9.17) is 4.18 Å². The molecule has 0 radical (unpaired) electrons. The van der Waals surface area contributed by atoms with Gasteiger partial charge in [-0.1, -0.05) is 19.4 Å². The Balaban J connectivity index is 2.08. The largest absolute Gasteiger partial charge is 0.297 e. The third-order valence-electron chi connectivity index (χ3n) is 3.95. The van der Waals surface area contributed by atoms with Crippen LogP contribution in [0, 0.1) is 16.0 Å². The number of hydrogen-bond donors (Lipinski definition) is 0. The number of nitro groups is 1. The highest BCUT2D eigenvalue weighted by Gasteiger charge is 2.27. The molecule has 1 aromatic carbocycles. The van der Waals surface area contributed by atoms with Gasteiger partial charge in [0.1, 0.15) is 4.90 Å². The molecule has 0 N–H and O–H groups in total. The summed E-state index contributed by atoms with van der Waals surface area (Å²) in [6, 6.07) is 4.96. The third-order valence-corrected chi connectivity index (χ3v) is 5.31. The predicted molar refractivity (Wildman–Crippen MR) is 77.4 cm³/mol. The van der Waals surface area contributed by atoms with Crippen molar-refractivity contribution in [1.82, 2.24) is 0 Å². The van der Waals surface area contributed by atoms with Gasteiger partial charge in [0.2, 0.25) is 0 Å². The van der Waals surface area contributed by atoms with Gasteiger partial charge in [0.25, 0.3) is 15.8 Å². The zero-order chi connectivity index (χ0) is 15.5. The number of nitro benzene ring substituents is 1. The Labute approximate surface area is 124 Å². The van der Waals surface area contributed by atoms with Crippen LogP contribution in [-0.4, -0.2) is 19.4 Å². The Morgan fingerprint density at radius 2 is 1.95 bits per heavy atom. The van der Waals surface area contributed by atoms with E-state index < -0.39 is 15.0 Å². The second kappa shape index (κ2) is 6.53. The summed E-state index contributed by atoms with van der Waals surface area (Å²) in [5.74, 6) is 0.644. The van der Waals surface area contributed by atoms with Crippen molar-refractivity contribution in [2.24, 2.45) is 5.92 Å². The average Bonchev–Trinajstić information content (AvgIpc) is 2.48. The normalized spacial score (nSPS) is 22.9. The summed E-state index contributed by atoms with van der Waals surface area (Å²) < 4.78 is 29.6. The van der Waals surface area contributed by atoms with Crippen molar-refractivity contribution in [3.8, 4) is 0 Å². The maximum absolute atomic E-state index is 12.2. The zero-order valence-corrected chi connectivity index (χ0v) is 12.7. The van der Waals surface area contributed by atoms with Gasteiger partial charge in [-0.05, 0) is 37.7 Å². The van der Waals surface area contributed by atoms with Crippen molar-refractivity contribution in [3.63, 3.8) is 0 Å². The first kappa shape index (κ1) is 15.9. The van der Waals surface area contributed by atoms with Crippen LogP contribution in [0.5, 0.6) is 0 Å². The van der Waals surface area contributed by atoms with Crippen LogP contribution < -0.4 is 0 Å². The molecule has 2 rings (SSSR count). The van der Waals surface area contributed by atoms with Gasteiger partial charge in [0.05, 0.1) is 11.0 Å². The summed E-state index contributed by atoms with van der Waals surface area (Å²) in [7, 11) is -3.94. The van der Waals surface area contributed by atoms with Crippen molar-refractivity contribution in [3.05, 3.63) is 34.4 Å². The summed E-state index contributed by atoms with van der Waals surface area (Å²) in [6.45, 7) is 2.13. The van der Waals surface area contributed by atoms with Crippen LogP contribution in [0.25, 0.3) is 0 Å². The molecule has 1 fully saturated rings. The van der Waals surface area contributed by atoms with Gasteiger partial charge in [-0.15, -0.1) is 0 Å². The molecule has 0 unspecified atom stereocenters. The fraction of sp³-hybridized carbons (Fsp3) is 0.571. The lowest BCUT2D eigenvalue weighted by molar-refractivity contribution is -0.385. The minimum absolute atomic E-state index is 0.158. The number of nitrogens with zero attached hydrogens (tertiary/aromatic N) is 1. The van der Waals surface area contributed by atoms with E-state index >= 15 is 0 Å². The molecule has 1 aromatic rings. The van der Waals surface area contributed by atoms with Crippen LogP contribution in [0.4, 0.5) is 5.69 Å². The minimum Gasteiger partial charge on any atom is -0.263 e. The Hall–Kier alpha value is -1.47. The van der Waals surface area contributed by atoms with Gasteiger partial charge < -0.3 is 0 Å². The standard InChI is InChI=1S/C14H19NO5S/c1-2-11-6-8-13(9-7-11)20-21(18,19)14-5-3-4-12(10-14)15(16)17/h3-5,10-11,13H,2,6-9H2,1H3/t11-,13-. The van der Waals surface area contributed by atoms with Crippen LogP contribution in [0.1, 0.15) is 39.0 Å². The number of hydrogen-bond acceptors (Lipinski definition) is 5. The number of rotatable bonds is 5. The van der Waals surface area contributed by atoms with E-state index in [1.807, 2.05) is 0 Å². The SMILES string of the molecule is CC[C@H]1CC[C@H](OS(=O)(=O)c2cccc([N+](=O)[O-])c2)CC1. The zero-order valence-electron chi connectivity index (χ0n) is 11.9. The Bertz CT molecular complexity index is 606. The summed E-state index contributed by atoms with van der Waals surface area (Å²) in [6.07, 6.45) is 4.14. The molecule has 1 aliphatic rings. The van der Waals surface area contributed by atoms with E-state index in [-0.39, 0.29) is 16.7 Å². The molecule has 0 amide bonds. The molecule has 0 heterocycles. The molecule has 0 aromatic heterocycles. The van der Waals surface area contributed by atoms with Crippen LogP contribution in [0.2, 0.25) is 0 Å². The van der Waals surface area contributed by atoms with Crippen LogP contribution in [0.15, 0.2) is 29.2 Å². The maximum atomic E-state index is 12.2. The molecular weight excluding hydrogens is 294 g/mol. The van der Waals surface area contributed by atoms with Gasteiger partial charge in [-0.3, -0.25) is 14.3 Å². The van der Waals surface area contributed by atoms with Gasteiger partial charge in [0, 0.05) is 12.1 Å². The van der Waals surface area contributed by atoms with Crippen molar-refractivity contribution >= 4 is 15.8 Å². The summed E-state index contributed by atoms with van der Waals surface area (Å²) in [4.78, 5) is 9.93. The van der Waals surface area contributed by atoms with Crippen molar-refractivity contribution in [1.29, 1.82) is 0 Å². The van der Waals surface area contributed by atoms with E-state index in [2.05, 4.69) is 6.92 Å². The van der Waals surface area contributed by atoms with Crippen LogP contribution >= 0.6 is 0 Å². The number of non-ortho nitro benzene ring substituents is 1. The lowest BCUT2D eigenvalue weighted by Crippen LogP contribution is -2.24. The third kappa shape index (κ3) is 4.01. The highest BCUT2D eigenvalue weighted by Crippen LogP contribution is 2.30.